The van der Waals surface area contributed by atoms with Gasteiger partial charge >= 0.3 is 5.69 Å². The molecule has 3 heterocycles. The van der Waals surface area contributed by atoms with Gasteiger partial charge in [-0.25, -0.2) is 4.98 Å². The lowest BCUT2D eigenvalue weighted by atomic mass is 10.0. The number of ether oxygens (including phenoxy) is 2. The van der Waals surface area contributed by atoms with Gasteiger partial charge in [0.1, 0.15) is 11.8 Å². The topological polar surface area (TPSA) is 132 Å². The molecule has 1 fully saturated rings. The number of nitrogens with one attached hydrogen (secondary N) is 2. The van der Waals surface area contributed by atoms with Crippen molar-refractivity contribution in [1.29, 1.82) is 0 Å². The fourth-order valence-electron chi connectivity index (χ4n) is 3.21. The van der Waals surface area contributed by atoms with E-state index < -0.39 is 10.7 Å². The van der Waals surface area contributed by atoms with E-state index in [9.17, 15) is 14.9 Å². The van der Waals surface area contributed by atoms with Crippen molar-refractivity contribution in [2.75, 3.05) is 18.5 Å². The van der Waals surface area contributed by atoms with Crippen LogP contribution in [0.5, 0.6) is 5.88 Å². The van der Waals surface area contributed by atoms with E-state index in [0.717, 1.165) is 6.42 Å². The number of pyridine rings is 1. The van der Waals surface area contributed by atoms with Gasteiger partial charge in [-0.1, -0.05) is 23.7 Å². The zero-order valence-corrected chi connectivity index (χ0v) is 17.2. The molecule has 160 valence electrons. The van der Waals surface area contributed by atoms with E-state index in [1.165, 1.54) is 19.2 Å². The lowest BCUT2D eigenvalue weighted by Gasteiger charge is -2.15. The van der Waals surface area contributed by atoms with Gasteiger partial charge in [0.2, 0.25) is 11.7 Å². The minimum atomic E-state index is -0.550. The summed E-state index contributed by atoms with van der Waals surface area (Å²) in [5, 5.41) is 21.1. The zero-order valence-electron chi connectivity index (χ0n) is 16.4. The van der Waals surface area contributed by atoms with Gasteiger partial charge in [0, 0.05) is 24.2 Å². The molecule has 0 bridgehead atoms. The molecule has 11 heteroatoms. The number of hydrogen-bond donors (Lipinski definition) is 2. The van der Waals surface area contributed by atoms with Crippen LogP contribution in [0.4, 0.5) is 17.2 Å². The van der Waals surface area contributed by atoms with Gasteiger partial charge in [-0.2, -0.15) is 0 Å². The summed E-state index contributed by atoms with van der Waals surface area (Å²) in [6, 6.07) is 8.12. The lowest BCUT2D eigenvalue weighted by molar-refractivity contribution is -0.384. The second kappa shape index (κ2) is 8.70. The van der Waals surface area contributed by atoms with Crippen LogP contribution in [-0.2, 0) is 4.74 Å². The van der Waals surface area contributed by atoms with E-state index in [-0.39, 0.29) is 51.0 Å². The molecule has 0 spiro atoms. The molecule has 1 saturated heterocycles. The lowest BCUT2D eigenvalue weighted by Crippen LogP contribution is -2.17. The normalized spacial score (nSPS) is 15.6. The first-order valence-corrected chi connectivity index (χ1v) is 9.82. The first-order valence-electron chi connectivity index (χ1n) is 9.44. The Hall–Kier alpha value is -3.50. The smallest absolute Gasteiger partial charge is 0.333 e. The highest BCUT2D eigenvalue weighted by Crippen LogP contribution is 2.32. The quantitative estimate of drug-likeness (QED) is 0.320. The number of carbonyl (C=O) groups is 1. The molecule has 4 rings (SSSR count). The number of aromatic nitrogens is 3. The Morgan fingerprint density at radius 1 is 1.39 bits per heavy atom. The highest BCUT2D eigenvalue weighted by molar-refractivity contribution is 6.35. The van der Waals surface area contributed by atoms with Crippen LogP contribution in [0.2, 0.25) is 5.02 Å². The molecule has 0 saturated carbocycles. The number of benzene rings is 1. The van der Waals surface area contributed by atoms with E-state index in [1.54, 1.807) is 24.3 Å². The van der Waals surface area contributed by atoms with Crippen LogP contribution in [0.25, 0.3) is 0 Å². The van der Waals surface area contributed by atoms with Crippen LogP contribution in [0.15, 0.2) is 36.5 Å². The average molecular weight is 444 g/mol. The summed E-state index contributed by atoms with van der Waals surface area (Å²) >= 11 is 6.19. The van der Waals surface area contributed by atoms with Crippen LogP contribution < -0.4 is 10.1 Å². The molecular weight excluding hydrogens is 426 g/mol. The maximum Gasteiger partial charge on any atom is 0.333 e. The molecule has 0 aliphatic carbocycles. The number of nitro groups is 1. The Bertz CT molecular complexity index is 1140. The standard InChI is InChI=1S/C20H18ClN5O5/c1-11-18(26(28)29)20(25-24-11)23-16-8-17(31-12-6-7-30-10-12)22-9-14(16)19(27)13-4-2-3-5-15(13)21/h2-5,8-9,12H,6-7,10H2,1H3,(H2,22,23,24,25). The molecule has 1 aromatic carbocycles. The summed E-state index contributed by atoms with van der Waals surface area (Å²) in [5.41, 5.74) is 0.751. The van der Waals surface area contributed by atoms with Crippen LogP contribution >= 0.6 is 11.6 Å². The van der Waals surface area contributed by atoms with Crippen LogP contribution in [0.1, 0.15) is 28.0 Å². The van der Waals surface area contributed by atoms with Crippen molar-refractivity contribution in [3.8, 4) is 5.88 Å². The predicted molar refractivity (Wildman–Crippen MR) is 112 cm³/mol. The number of H-pyrrole nitrogens is 1. The van der Waals surface area contributed by atoms with Crippen molar-refractivity contribution < 1.29 is 19.2 Å². The summed E-state index contributed by atoms with van der Waals surface area (Å²) in [7, 11) is 0. The molecule has 1 aliphatic heterocycles. The molecular formula is C20H18ClN5O5. The third-order valence-corrected chi connectivity index (χ3v) is 5.10. The van der Waals surface area contributed by atoms with E-state index in [4.69, 9.17) is 21.1 Å². The highest BCUT2D eigenvalue weighted by atomic mass is 35.5. The van der Waals surface area contributed by atoms with Crippen molar-refractivity contribution in [1.82, 2.24) is 15.2 Å². The number of hydrogen-bond acceptors (Lipinski definition) is 8. The second-order valence-corrected chi connectivity index (χ2v) is 7.32. The Morgan fingerprint density at radius 2 is 2.19 bits per heavy atom. The Morgan fingerprint density at radius 3 is 2.90 bits per heavy atom. The number of halogens is 1. The van der Waals surface area contributed by atoms with E-state index >= 15 is 0 Å². The summed E-state index contributed by atoms with van der Waals surface area (Å²) in [6.07, 6.45) is 1.91. The van der Waals surface area contributed by atoms with Crippen LogP contribution in [0, 0.1) is 17.0 Å². The third kappa shape index (κ3) is 4.35. The van der Waals surface area contributed by atoms with Gasteiger partial charge in [-0.3, -0.25) is 20.0 Å². The van der Waals surface area contributed by atoms with Gasteiger partial charge in [-0.05, 0) is 19.1 Å². The fourth-order valence-corrected chi connectivity index (χ4v) is 3.43. The maximum absolute atomic E-state index is 13.2. The van der Waals surface area contributed by atoms with Gasteiger partial charge < -0.3 is 14.8 Å². The van der Waals surface area contributed by atoms with Crippen molar-refractivity contribution in [3.63, 3.8) is 0 Å². The van der Waals surface area contributed by atoms with Crippen LogP contribution in [0.3, 0.4) is 0 Å². The van der Waals surface area contributed by atoms with E-state index in [0.29, 0.717) is 13.2 Å². The molecule has 1 aliphatic rings. The zero-order chi connectivity index (χ0) is 22.0. The predicted octanol–water partition coefficient (Wildman–Crippen LogP) is 3.82. The number of carbonyl (C=O) groups excluding carboxylic acids is 1. The number of nitrogens with zero attached hydrogens (tertiary/aromatic N) is 3. The minimum absolute atomic E-state index is 0.0305. The molecule has 2 aromatic heterocycles. The molecule has 3 aromatic rings. The monoisotopic (exact) mass is 443 g/mol. The molecule has 0 radical (unpaired) electrons. The van der Waals surface area contributed by atoms with Crippen molar-refractivity contribution >= 4 is 34.6 Å². The number of aryl methyl sites for hydroxylation is 1. The van der Waals surface area contributed by atoms with E-state index in [2.05, 4.69) is 20.5 Å². The molecule has 0 amide bonds. The number of anilines is 2. The highest BCUT2D eigenvalue weighted by Gasteiger charge is 2.25. The number of aromatic amines is 1. The van der Waals surface area contributed by atoms with Crippen molar-refractivity contribution in [2.45, 2.75) is 19.4 Å². The molecule has 2 N–H and O–H groups in total. The molecule has 1 atom stereocenters. The SMILES string of the molecule is Cc1[nH]nc(Nc2cc(OC3CCOC3)ncc2C(=O)c2ccccc2Cl)c1[N+](=O)[O-]. The molecule has 1 unspecified atom stereocenters. The largest absolute Gasteiger partial charge is 0.472 e. The summed E-state index contributed by atoms with van der Waals surface area (Å²) in [5.74, 6) is -0.174. The number of rotatable bonds is 7. The van der Waals surface area contributed by atoms with Crippen molar-refractivity contribution in [2.24, 2.45) is 0 Å². The molecule has 10 nitrogen and oxygen atoms in total. The first kappa shape index (κ1) is 20.8. The van der Waals surface area contributed by atoms with Gasteiger partial charge in [0.15, 0.2) is 5.78 Å². The number of ketones is 1. The Kier molecular flexibility index (Phi) is 5.83. The Labute approximate surface area is 181 Å². The van der Waals surface area contributed by atoms with Gasteiger partial charge in [0.05, 0.1) is 34.4 Å². The Balaban J connectivity index is 1.74. The molecule has 31 heavy (non-hydrogen) atoms. The first-order chi connectivity index (χ1) is 14.9. The fraction of sp³-hybridized carbons (Fsp3) is 0.250. The summed E-state index contributed by atoms with van der Waals surface area (Å²) < 4.78 is 11.1. The summed E-state index contributed by atoms with van der Waals surface area (Å²) in [4.78, 5) is 28.3. The van der Waals surface area contributed by atoms with Gasteiger partial charge in [0.25, 0.3) is 0 Å². The third-order valence-electron chi connectivity index (χ3n) is 4.77. The second-order valence-electron chi connectivity index (χ2n) is 6.91. The summed E-state index contributed by atoms with van der Waals surface area (Å²) in [6.45, 7) is 2.57. The average Bonchev–Trinajstić information content (AvgIpc) is 3.38. The minimum Gasteiger partial charge on any atom is -0.472 e. The van der Waals surface area contributed by atoms with Gasteiger partial charge in [-0.15, -0.1) is 5.10 Å². The van der Waals surface area contributed by atoms with E-state index in [1.807, 2.05) is 0 Å². The maximum atomic E-state index is 13.2. The van der Waals surface area contributed by atoms with Crippen LogP contribution in [-0.4, -0.2) is 45.2 Å². The van der Waals surface area contributed by atoms with Crippen molar-refractivity contribution in [3.05, 3.63) is 68.5 Å².